The monoisotopic (exact) mass is 376 g/mol. The van der Waals surface area contributed by atoms with Crippen molar-refractivity contribution in [2.75, 3.05) is 16.0 Å². The minimum absolute atomic E-state index is 0.952. The second kappa shape index (κ2) is 11.5. The Kier molecular flexibility index (Phi) is 12.8. The van der Waals surface area contributed by atoms with E-state index >= 15 is 0 Å². The Balaban J connectivity index is 3.47. The molecule has 0 saturated carbocycles. The van der Waals surface area contributed by atoms with Gasteiger partial charge in [-0.05, 0) is 44.4 Å². The largest absolute Gasteiger partial charge is 0.0928 e. The van der Waals surface area contributed by atoms with Crippen molar-refractivity contribution in [3.8, 4) is 0 Å². The summed E-state index contributed by atoms with van der Waals surface area (Å²) in [7, 11) is 0. The maximum atomic E-state index is 3.50. The van der Waals surface area contributed by atoms with Crippen LogP contribution in [0.15, 0.2) is 0 Å². The lowest BCUT2D eigenvalue weighted by Gasteiger charge is -2.14. The predicted octanol–water partition coefficient (Wildman–Crippen LogP) is 5.13. The number of hydrogen-bond acceptors (Lipinski definition) is 0. The smallest absolute Gasteiger partial charge is 0.00314 e. The Morgan fingerprint density at radius 3 is 1.15 bits per heavy atom. The fourth-order valence-electron chi connectivity index (χ4n) is 1.53. The van der Waals surface area contributed by atoms with Crippen molar-refractivity contribution in [1.29, 1.82) is 0 Å². The average molecular weight is 379 g/mol. The van der Waals surface area contributed by atoms with Gasteiger partial charge in [0.25, 0.3) is 0 Å². The van der Waals surface area contributed by atoms with Crippen LogP contribution < -0.4 is 0 Å². The number of alkyl halides is 3. The Morgan fingerprint density at radius 2 is 0.923 bits per heavy atom. The van der Waals surface area contributed by atoms with E-state index in [1.807, 2.05) is 0 Å². The third-order valence-electron chi connectivity index (χ3n) is 2.24. The molecule has 0 aromatic heterocycles. The molecule has 0 fully saturated rings. The Morgan fingerprint density at radius 1 is 0.615 bits per heavy atom. The molecule has 0 amide bonds. The van der Waals surface area contributed by atoms with Crippen molar-refractivity contribution < 1.29 is 0 Å². The zero-order valence-corrected chi connectivity index (χ0v) is 12.8. The van der Waals surface area contributed by atoms with E-state index in [0.717, 1.165) is 21.9 Å². The first-order valence-corrected chi connectivity index (χ1v) is 8.39. The fraction of sp³-hybridized carbons (Fsp3) is 1.00. The van der Waals surface area contributed by atoms with Crippen LogP contribution in [-0.2, 0) is 0 Å². The Hall–Kier alpha value is 1.44. The lowest BCUT2D eigenvalue weighted by Crippen LogP contribution is -2.02. The summed E-state index contributed by atoms with van der Waals surface area (Å²) in [6, 6.07) is 0. The van der Waals surface area contributed by atoms with Crippen LogP contribution in [0.1, 0.15) is 38.5 Å². The van der Waals surface area contributed by atoms with Gasteiger partial charge >= 0.3 is 0 Å². The van der Waals surface area contributed by atoms with Crippen LogP contribution in [0.3, 0.4) is 0 Å². The molecule has 13 heavy (non-hydrogen) atoms. The van der Waals surface area contributed by atoms with Crippen LogP contribution in [0, 0.1) is 5.92 Å². The van der Waals surface area contributed by atoms with Crippen molar-refractivity contribution in [1.82, 2.24) is 0 Å². The molecule has 0 N–H and O–H groups in total. The quantitative estimate of drug-likeness (QED) is 0.488. The maximum absolute atomic E-state index is 3.50. The van der Waals surface area contributed by atoms with E-state index in [4.69, 9.17) is 0 Å². The van der Waals surface area contributed by atoms with Gasteiger partial charge in [-0.3, -0.25) is 0 Å². The van der Waals surface area contributed by atoms with Crippen LogP contribution in [0.5, 0.6) is 0 Å². The zero-order valence-electron chi connectivity index (χ0n) is 8.08. The van der Waals surface area contributed by atoms with Crippen LogP contribution >= 0.6 is 47.8 Å². The van der Waals surface area contributed by atoms with E-state index in [1.54, 1.807) is 0 Å². The van der Waals surface area contributed by atoms with Crippen molar-refractivity contribution in [2.45, 2.75) is 38.5 Å². The van der Waals surface area contributed by atoms with Crippen molar-refractivity contribution in [3.63, 3.8) is 0 Å². The summed E-state index contributed by atoms with van der Waals surface area (Å²) in [6.45, 7) is 0. The fourth-order valence-corrected chi connectivity index (χ4v) is 2.50. The molecule has 0 atom stereocenters. The highest BCUT2D eigenvalue weighted by atomic mass is 79.9. The SMILES string of the molecule is BrCCCC(CCCBr)CCCBr. The topological polar surface area (TPSA) is 0 Å². The third-order valence-corrected chi connectivity index (χ3v) is 3.92. The average Bonchev–Trinajstić information content (AvgIpc) is 2.17. The predicted molar refractivity (Wildman–Crippen MR) is 72.6 cm³/mol. The molecule has 0 heterocycles. The third kappa shape index (κ3) is 9.74. The number of hydrogen-bond donors (Lipinski definition) is 0. The van der Waals surface area contributed by atoms with Gasteiger partial charge in [-0.15, -0.1) is 0 Å². The van der Waals surface area contributed by atoms with Gasteiger partial charge in [0.15, 0.2) is 0 Å². The van der Waals surface area contributed by atoms with Gasteiger partial charge in [0.1, 0.15) is 0 Å². The molecule has 0 radical (unpaired) electrons. The van der Waals surface area contributed by atoms with Crippen LogP contribution in [0.4, 0.5) is 0 Å². The maximum Gasteiger partial charge on any atom is 0.00314 e. The van der Waals surface area contributed by atoms with E-state index < -0.39 is 0 Å². The van der Waals surface area contributed by atoms with Gasteiger partial charge < -0.3 is 0 Å². The van der Waals surface area contributed by atoms with Gasteiger partial charge in [0.2, 0.25) is 0 Å². The minimum atomic E-state index is 0.952. The first-order valence-electron chi connectivity index (χ1n) is 5.03. The highest BCUT2D eigenvalue weighted by Gasteiger charge is 2.06. The van der Waals surface area contributed by atoms with Crippen LogP contribution in [0.2, 0.25) is 0 Å². The summed E-state index contributed by atoms with van der Waals surface area (Å²) < 4.78 is 0. The van der Waals surface area contributed by atoms with E-state index in [1.165, 1.54) is 38.5 Å². The molecule has 0 nitrogen and oxygen atoms in total. The summed E-state index contributed by atoms with van der Waals surface area (Å²) >= 11 is 10.5. The van der Waals surface area contributed by atoms with Crippen molar-refractivity contribution >= 4 is 47.8 Å². The van der Waals surface area contributed by atoms with E-state index in [0.29, 0.717) is 0 Å². The summed E-state index contributed by atoms with van der Waals surface area (Å²) in [5.74, 6) is 0.952. The highest BCUT2D eigenvalue weighted by molar-refractivity contribution is 9.09. The molecule has 0 rings (SSSR count). The molecule has 0 aliphatic heterocycles. The molecular formula is C10H19Br3. The van der Waals surface area contributed by atoms with E-state index in [9.17, 15) is 0 Å². The van der Waals surface area contributed by atoms with Gasteiger partial charge in [0, 0.05) is 16.0 Å². The standard InChI is InChI=1S/C10H19Br3/c11-7-1-4-10(5-2-8-12)6-3-9-13/h10H,1-9H2. The number of rotatable bonds is 9. The second-order valence-corrected chi connectivity index (χ2v) is 5.74. The molecule has 3 heteroatoms. The molecule has 0 saturated heterocycles. The molecule has 0 aliphatic carbocycles. The lowest BCUT2D eigenvalue weighted by atomic mass is 9.94. The number of halogens is 3. The van der Waals surface area contributed by atoms with Crippen LogP contribution in [0.25, 0.3) is 0 Å². The zero-order chi connectivity index (χ0) is 9.94. The molecule has 0 bridgehead atoms. The van der Waals surface area contributed by atoms with Crippen molar-refractivity contribution in [2.24, 2.45) is 5.92 Å². The van der Waals surface area contributed by atoms with Gasteiger partial charge in [0.05, 0.1) is 0 Å². The first kappa shape index (κ1) is 14.4. The second-order valence-electron chi connectivity index (χ2n) is 3.36. The Bertz CT molecular complexity index is 77.2. The minimum Gasteiger partial charge on any atom is -0.0928 e. The molecule has 0 aliphatic rings. The van der Waals surface area contributed by atoms with Crippen LogP contribution in [-0.4, -0.2) is 16.0 Å². The molecular weight excluding hydrogens is 360 g/mol. The molecule has 0 aromatic carbocycles. The van der Waals surface area contributed by atoms with E-state index in [2.05, 4.69) is 47.8 Å². The Labute approximate surface area is 108 Å². The van der Waals surface area contributed by atoms with Gasteiger partial charge in [-0.25, -0.2) is 0 Å². The van der Waals surface area contributed by atoms with Gasteiger partial charge in [-0.2, -0.15) is 0 Å². The molecule has 0 spiro atoms. The van der Waals surface area contributed by atoms with Gasteiger partial charge in [-0.1, -0.05) is 47.8 Å². The summed E-state index contributed by atoms with van der Waals surface area (Å²) in [5.41, 5.74) is 0. The summed E-state index contributed by atoms with van der Waals surface area (Å²) in [4.78, 5) is 0. The van der Waals surface area contributed by atoms with Crippen molar-refractivity contribution in [3.05, 3.63) is 0 Å². The lowest BCUT2D eigenvalue weighted by molar-refractivity contribution is 0.412. The first-order chi connectivity index (χ1) is 6.35. The normalized spacial score (nSPS) is 11.1. The summed E-state index contributed by atoms with van der Waals surface area (Å²) in [5, 5.41) is 3.48. The molecule has 0 aromatic rings. The summed E-state index contributed by atoms with van der Waals surface area (Å²) in [6.07, 6.45) is 8.17. The highest BCUT2D eigenvalue weighted by Crippen LogP contribution is 2.21. The van der Waals surface area contributed by atoms with E-state index in [-0.39, 0.29) is 0 Å². The molecule has 80 valence electrons. The molecule has 0 unspecified atom stereocenters.